The van der Waals surface area contributed by atoms with Crippen molar-refractivity contribution in [3.05, 3.63) is 47.8 Å². The van der Waals surface area contributed by atoms with Crippen molar-refractivity contribution in [1.82, 2.24) is 20.6 Å². The second-order valence-corrected chi connectivity index (χ2v) is 5.52. The maximum absolute atomic E-state index is 11.8. The van der Waals surface area contributed by atoms with Gasteiger partial charge in [0.25, 0.3) is 0 Å². The average molecular weight is 341 g/mol. The summed E-state index contributed by atoms with van der Waals surface area (Å²) in [6.07, 6.45) is 7.09. The summed E-state index contributed by atoms with van der Waals surface area (Å²) >= 11 is 0. The molecule has 25 heavy (non-hydrogen) atoms. The van der Waals surface area contributed by atoms with E-state index in [4.69, 9.17) is 11.5 Å². The van der Waals surface area contributed by atoms with Gasteiger partial charge in [0.1, 0.15) is 24.0 Å². The lowest BCUT2D eigenvalue weighted by molar-refractivity contribution is -0.119. The van der Waals surface area contributed by atoms with Gasteiger partial charge in [0.2, 0.25) is 0 Å². The van der Waals surface area contributed by atoms with E-state index in [1.807, 2.05) is 19.9 Å². The summed E-state index contributed by atoms with van der Waals surface area (Å²) in [7, 11) is 1.76. The van der Waals surface area contributed by atoms with Crippen molar-refractivity contribution in [2.75, 3.05) is 12.8 Å². The van der Waals surface area contributed by atoms with Gasteiger partial charge in [-0.15, -0.1) is 0 Å². The standard InChI is InChI=1S/C17H23N7O/c1-4-15(25)13-5-10(2)14(8-21-13)24-17(19)11(7-20-3)12-6-16(18)23-9-22-12/h5-9,13,20-21H,4H2,1-3H3,(H2,19,24)(H2,18,22,23)/b11-7-. The summed E-state index contributed by atoms with van der Waals surface area (Å²) in [6.45, 7) is 3.73. The fourth-order valence-electron chi connectivity index (χ4n) is 2.33. The third kappa shape index (κ3) is 4.43. The largest absolute Gasteiger partial charge is 0.393 e. The average Bonchev–Trinajstić information content (AvgIpc) is 2.60. The van der Waals surface area contributed by atoms with Crippen LogP contribution in [0.15, 0.2) is 47.1 Å². The summed E-state index contributed by atoms with van der Waals surface area (Å²) in [5, 5.41) is 5.97. The van der Waals surface area contributed by atoms with Crippen molar-refractivity contribution in [3.8, 4) is 0 Å². The molecule has 0 saturated carbocycles. The number of nitrogens with one attached hydrogen (secondary N) is 2. The third-order valence-corrected chi connectivity index (χ3v) is 3.69. The van der Waals surface area contributed by atoms with E-state index in [9.17, 15) is 4.79 Å². The van der Waals surface area contributed by atoms with Crippen molar-refractivity contribution in [1.29, 1.82) is 0 Å². The van der Waals surface area contributed by atoms with E-state index < -0.39 is 0 Å². The predicted molar refractivity (Wildman–Crippen MR) is 99.2 cm³/mol. The molecule has 0 radical (unpaired) electrons. The van der Waals surface area contributed by atoms with Crippen molar-refractivity contribution >= 4 is 23.0 Å². The molecule has 1 unspecified atom stereocenters. The Hall–Kier alpha value is -3.16. The van der Waals surface area contributed by atoms with Crippen LogP contribution in [0.1, 0.15) is 26.0 Å². The van der Waals surface area contributed by atoms with Gasteiger partial charge in [-0.05, 0) is 18.6 Å². The summed E-state index contributed by atoms with van der Waals surface area (Å²) in [4.78, 5) is 24.3. The van der Waals surface area contributed by atoms with Gasteiger partial charge in [0.05, 0.1) is 17.0 Å². The number of hydrogen-bond acceptors (Lipinski definition) is 7. The molecule has 6 N–H and O–H groups in total. The number of nitrogens with zero attached hydrogens (tertiary/aromatic N) is 3. The van der Waals surface area contributed by atoms with Crippen molar-refractivity contribution in [2.45, 2.75) is 26.3 Å². The van der Waals surface area contributed by atoms with Crippen molar-refractivity contribution in [3.63, 3.8) is 0 Å². The number of carbonyl (C=O) groups excluding carboxylic acids is 1. The van der Waals surface area contributed by atoms with Crippen LogP contribution in [0.5, 0.6) is 0 Å². The SMILES string of the molecule is CCC(=O)C1C=C(C)C(N=C(N)/C(=C\NC)c2cc(N)ncn2)=CN1. The summed E-state index contributed by atoms with van der Waals surface area (Å²) in [5.74, 6) is 0.739. The molecule has 0 spiro atoms. The van der Waals surface area contributed by atoms with E-state index >= 15 is 0 Å². The number of nitrogens with two attached hydrogens (primary N) is 2. The van der Waals surface area contributed by atoms with Gasteiger partial charge in [-0.1, -0.05) is 6.92 Å². The number of amidine groups is 1. The molecule has 8 nitrogen and oxygen atoms in total. The molecule has 2 heterocycles. The van der Waals surface area contributed by atoms with Crippen molar-refractivity contribution < 1.29 is 4.79 Å². The molecule has 0 aromatic carbocycles. The first-order valence-corrected chi connectivity index (χ1v) is 7.93. The molecular weight excluding hydrogens is 318 g/mol. The van der Waals surface area contributed by atoms with E-state index in [2.05, 4.69) is 25.6 Å². The molecule has 0 aliphatic carbocycles. The molecule has 1 aliphatic heterocycles. The van der Waals surface area contributed by atoms with Gasteiger partial charge < -0.3 is 22.1 Å². The molecule has 132 valence electrons. The normalized spacial score (nSPS) is 18.1. The number of anilines is 1. The summed E-state index contributed by atoms with van der Waals surface area (Å²) in [5.41, 5.74) is 14.6. The minimum absolute atomic E-state index is 0.124. The summed E-state index contributed by atoms with van der Waals surface area (Å²) in [6, 6.07) is 1.30. The molecular formula is C17H23N7O. The molecule has 0 saturated heterocycles. The number of carbonyl (C=O) groups is 1. The van der Waals surface area contributed by atoms with Gasteiger partial charge in [0, 0.05) is 31.9 Å². The molecule has 0 amide bonds. The Balaban J connectivity index is 2.30. The van der Waals surface area contributed by atoms with Gasteiger partial charge in [0.15, 0.2) is 5.78 Å². The number of rotatable bonds is 6. The van der Waals surface area contributed by atoms with Crippen LogP contribution in [-0.4, -0.2) is 34.7 Å². The van der Waals surface area contributed by atoms with Gasteiger partial charge >= 0.3 is 0 Å². The van der Waals surface area contributed by atoms with Crippen LogP contribution in [0.25, 0.3) is 5.57 Å². The van der Waals surface area contributed by atoms with Crippen LogP contribution in [0, 0.1) is 0 Å². The zero-order valence-electron chi connectivity index (χ0n) is 14.6. The van der Waals surface area contributed by atoms with Gasteiger partial charge in [-0.2, -0.15) is 0 Å². The number of nitrogen functional groups attached to an aromatic ring is 1. The number of ketones is 1. The highest BCUT2D eigenvalue weighted by molar-refractivity contribution is 6.21. The zero-order valence-corrected chi connectivity index (χ0v) is 14.6. The Morgan fingerprint density at radius 2 is 2.24 bits per heavy atom. The third-order valence-electron chi connectivity index (χ3n) is 3.69. The monoisotopic (exact) mass is 341 g/mol. The Labute approximate surface area is 146 Å². The highest BCUT2D eigenvalue weighted by Crippen LogP contribution is 2.19. The van der Waals surface area contributed by atoms with E-state index in [1.165, 1.54) is 6.33 Å². The van der Waals surface area contributed by atoms with E-state index in [1.54, 1.807) is 25.5 Å². The lowest BCUT2D eigenvalue weighted by Crippen LogP contribution is -2.33. The zero-order chi connectivity index (χ0) is 18.4. The fourth-order valence-corrected chi connectivity index (χ4v) is 2.33. The lowest BCUT2D eigenvalue weighted by atomic mass is 10.0. The molecule has 0 bridgehead atoms. The fraction of sp³-hybridized carbons (Fsp3) is 0.294. The number of dihydropyridines is 1. The maximum atomic E-state index is 11.8. The Morgan fingerprint density at radius 3 is 2.84 bits per heavy atom. The van der Waals surface area contributed by atoms with E-state index in [-0.39, 0.29) is 17.7 Å². The molecule has 0 fully saturated rings. The number of aliphatic imine (C=N–C) groups is 1. The topological polar surface area (TPSA) is 131 Å². The first-order valence-electron chi connectivity index (χ1n) is 7.93. The summed E-state index contributed by atoms with van der Waals surface area (Å²) < 4.78 is 0. The molecule has 1 aliphatic rings. The number of Topliss-reactive ketones (excluding diaryl/α,β-unsaturated/α-hetero) is 1. The first kappa shape index (κ1) is 18.2. The highest BCUT2D eigenvalue weighted by atomic mass is 16.1. The van der Waals surface area contributed by atoms with Crippen LogP contribution >= 0.6 is 0 Å². The Morgan fingerprint density at radius 1 is 1.48 bits per heavy atom. The van der Waals surface area contributed by atoms with E-state index in [0.717, 1.165) is 5.57 Å². The first-order chi connectivity index (χ1) is 12.0. The van der Waals surface area contributed by atoms with E-state index in [0.29, 0.717) is 29.2 Å². The maximum Gasteiger partial charge on any atom is 0.158 e. The van der Waals surface area contributed by atoms with Gasteiger partial charge in [-0.3, -0.25) is 4.79 Å². The smallest absolute Gasteiger partial charge is 0.158 e. The molecule has 8 heteroatoms. The molecule has 1 aromatic heterocycles. The Bertz CT molecular complexity index is 777. The molecule has 2 rings (SSSR count). The quantitative estimate of drug-likeness (QED) is 0.443. The highest BCUT2D eigenvalue weighted by Gasteiger charge is 2.18. The Kier molecular flexibility index (Phi) is 5.89. The minimum atomic E-state index is -0.320. The molecule has 1 aromatic rings. The second kappa shape index (κ2) is 8.09. The number of hydrogen-bond donors (Lipinski definition) is 4. The van der Waals surface area contributed by atoms with Crippen LogP contribution in [0.3, 0.4) is 0 Å². The number of allylic oxidation sites excluding steroid dienone is 1. The predicted octanol–water partition coefficient (Wildman–Crippen LogP) is 0.715. The van der Waals surface area contributed by atoms with Crippen LogP contribution in [0.4, 0.5) is 5.82 Å². The van der Waals surface area contributed by atoms with Crippen molar-refractivity contribution in [2.24, 2.45) is 10.7 Å². The van der Waals surface area contributed by atoms with Crippen LogP contribution in [0.2, 0.25) is 0 Å². The van der Waals surface area contributed by atoms with Gasteiger partial charge in [-0.25, -0.2) is 15.0 Å². The lowest BCUT2D eigenvalue weighted by Gasteiger charge is -2.19. The molecule has 1 atom stereocenters. The second-order valence-electron chi connectivity index (χ2n) is 5.52. The van der Waals surface area contributed by atoms with Crippen LogP contribution in [-0.2, 0) is 4.79 Å². The minimum Gasteiger partial charge on any atom is -0.393 e. The van der Waals surface area contributed by atoms with Crippen LogP contribution < -0.4 is 22.1 Å². The number of aromatic nitrogens is 2.